The Morgan fingerprint density at radius 3 is 2.83 bits per heavy atom. The summed E-state index contributed by atoms with van der Waals surface area (Å²) in [5.74, 6) is 0.158. The standard InChI is InChI=1S/C15H18ClFN4O2S/c1-2-20-7-8-21(10-13(20)15-18-5-6-19-15)24(22,23)14-4-3-11(17)9-12(14)16/h3-6,9,13H,2,7-8,10H2,1H3,(H,18,19)/t13-/m0/s1. The van der Waals surface area contributed by atoms with Crippen LogP contribution in [0.15, 0.2) is 35.5 Å². The third kappa shape index (κ3) is 3.19. The van der Waals surface area contributed by atoms with Crippen molar-refractivity contribution in [3.63, 3.8) is 0 Å². The number of halogens is 2. The highest BCUT2D eigenvalue weighted by atomic mass is 35.5. The maximum atomic E-state index is 13.2. The Morgan fingerprint density at radius 1 is 1.42 bits per heavy atom. The van der Waals surface area contributed by atoms with Crippen LogP contribution >= 0.6 is 11.6 Å². The molecule has 1 aromatic carbocycles. The predicted octanol–water partition coefficient (Wildman–Crippen LogP) is 2.27. The molecule has 1 atom stereocenters. The molecule has 0 spiro atoms. The number of rotatable bonds is 4. The zero-order chi connectivity index (χ0) is 17.3. The largest absolute Gasteiger partial charge is 0.347 e. The number of benzene rings is 1. The number of nitrogens with zero attached hydrogens (tertiary/aromatic N) is 3. The van der Waals surface area contributed by atoms with E-state index in [0.717, 1.165) is 24.5 Å². The Balaban J connectivity index is 1.91. The van der Waals surface area contributed by atoms with E-state index in [4.69, 9.17) is 11.6 Å². The number of imidazole rings is 1. The summed E-state index contributed by atoms with van der Waals surface area (Å²) in [5, 5.41) is -0.109. The number of aromatic nitrogens is 2. The third-order valence-electron chi connectivity index (χ3n) is 4.21. The van der Waals surface area contributed by atoms with Crippen LogP contribution in [0.25, 0.3) is 0 Å². The van der Waals surface area contributed by atoms with Gasteiger partial charge in [0.15, 0.2) is 0 Å². The quantitative estimate of drug-likeness (QED) is 0.893. The van der Waals surface area contributed by atoms with Crippen molar-refractivity contribution in [3.8, 4) is 0 Å². The van der Waals surface area contributed by atoms with Gasteiger partial charge in [-0.1, -0.05) is 18.5 Å². The molecule has 1 fully saturated rings. The van der Waals surface area contributed by atoms with Crippen molar-refractivity contribution in [2.24, 2.45) is 0 Å². The van der Waals surface area contributed by atoms with Crippen molar-refractivity contribution in [2.45, 2.75) is 17.9 Å². The molecule has 130 valence electrons. The second-order valence-corrected chi connectivity index (χ2v) is 7.87. The number of nitrogens with one attached hydrogen (secondary N) is 1. The summed E-state index contributed by atoms with van der Waals surface area (Å²) >= 11 is 5.95. The van der Waals surface area contributed by atoms with Gasteiger partial charge in [0.1, 0.15) is 16.5 Å². The maximum Gasteiger partial charge on any atom is 0.244 e. The van der Waals surface area contributed by atoms with Gasteiger partial charge in [0.05, 0.1) is 11.1 Å². The van der Waals surface area contributed by atoms with Crippen LogP contribution in [-0.2, 0) is 10.0 Å². The minimum absolute atomic E-state index is 0.0753. The summed E-state index contributed by atoms with van der Waals surface area (Å²) in [6.45, 7) is 4.01. The van der Waals surface area contributed by atoms with Crippen LogP contribution in [0.5, 0.6) is 0 Å². The molecule has 0 bridgehead atoms. The van der Waals surface area contributed by atoms with E-state index >= 15 is 0 Å². The third-order valence-corrected chi connectivity index (χ3v) is 6.55. The smallest absolute Gasteiger partial charge is 0.244 e. The molecule has 0 unspecified atom stereocenters. The number of hydrogen-bond acceptors (Lipinski definition) is 4. The van der Waals surface area contributed by atoms with Gasteiger partial charge >= 0.3 is 0 Å². The fourth-order valence-electron chi connectivity index (χ4n) is 2.93. The molecule has 24 heavy (non-hydrogen) atoms. The Labute approximate surface area is 145 Å². The zero-order valence-electron chi connectivity index (χ0n) is 13.1. The van der Waals surface area contributed by atoms with Crippen molar-refractivity contribution in [1.82, 2.24) is 19.2 Å². The summed E-state index contributed by atoms with van der Waals surface area (Å²) in [6, 6.07) is 3.17. The van der Waals surface area contributed by atoms with Crippen LogP contribution in [0, 0.1) is 5.82 Å². The summed E-state index contributed by atoms with van der Waals surface area (Å²) in [5.41, 5.74) is 0. The van der Waals surface area contributed by atoms with Crippen molar-refractivity contribution < 1.29 is 12.8 Å². The summed E-state index contributed by atoms with van der Waals surface area (Å²) in [7, 11) is -3.80. The van der Waals surface area contributed by atoms with E-state index in [1.807, 2.05) is 6.92 Å². The summed E-state index contributed by atoms with van der Waals surface area (Å²) in [6.07, 6.45) is 3.36. The Kier molecular flexibility index (Phi) is 4.91. The van der Waals surface area contributed by atoms with Gasteiger partial charge in [0.2, 0.25) is 10.0 Å². The lowest BCUT2D eigenvalue weighted by Crippen LogP contribution is -2.50. The van der Waals surface area contributed by atoms with Crippen molar-refractivity contribution in [1.29, 1.82) is 0 Å². The highest BCUT2D eigenvalue weighted by Gasteiger charge is 2.36. The molecule has 2 aromatic rings. The molecule has 9 heteroatoms. The monoisotopic (exact) mass is 372 g/mol. The van der Waals surface area contributed by atoms with E-state index in [2.05, 4.69) is 14.9 Å². The van der Waals surface area contributed by atoms with Gasteiger partial charge in [0, 0.05) is 32.0 Å². The number of aromatic amines is 1. The molecular weight excluding hydrogens is 355 g/mol. The fraction of sp³-hybridized carbons (Fsp3) is 0.400. The van der Waals surface area contributed by atoms with E-state index in [9.17, 15) is 12.8 Å². The van der Waals surface area contributed by atoms with Gasteiger partial charge in [-0.25, -0.2) is 17.8 Å². The number of hydrogen-bond donors (Lipinski definition) is 1. The summed E-state index contributed by atoms with van der Waals surface area (Å²) < 4.78 is 40.4. The van der Waals surface area contributed by atoms with Gasteiger partial charge in [0.25, 0.3) is 0 Å². The Hall–Kier alpha value is -1.48. The van der Waals surface area contributed by atoms with Gasteiger partial charge in [-0.15, -0.1) is 0 Å². The second-order valence-electron chi connectivity index (χ2n) is 5.56. The molecular formula is C15H18ClFN4O2S. The SMILES string of the molecule is CCN1CCN(S(=O)(=O)c2ccc(F)cc2Cl)C[C@H]1c1ncc[nH]1. The van der Waals surface area contributed by atoms with Gasteiger partial charge in [-0.2, -0.15) is 4.31 Å². The molecule has 0 saturated carbocycles. The molecule has 2 heterocycles. The lowest BCUT2D eigenvalue weighted by Gasteiger charge is -2.39. The molecule has 1 saturated heterocycles. The summed E-state index contributed by atoms with van der Waals surface area (Å²) in [4.78, 5) is 9.40. The van der Waals surface area contributed by atoms with Crippen LogP contribution in [-0.4, -0.2) is 53.8 Å². The lowest BCUT2D eigenvalue weighted by atomic mass is 10.2. The normalized spacial score (nSPS) is 20.4. The molecule has 3 rings (SSSR count). The Bertz CT molecular complexity index is 813. The van der Waals surface area contributed by atoms with Crippen LogP contribution in [0.4, 0.5) is 4.39 Å². The molecule has 0 aliphatic carbocycles. The zero-order valence-corrected chi connectivity index (χ0v) is 14.7. The van der Waals surface area contributed by atoms with E-state index in [1.165, 1.54) is 10.4 Å². The van der Waals surface area contributed by atoms with Crippen LogP contribution in [0.3, 0.4) is 0 Å². The molecule has 6 nitrogen and oxygen atoms in total. The average molecular weight is 373 g/mol. The topological polar surface area (TPSA) is 69.3 Å². The predicted molar refractivity (Wildman–Crippen MR) is 88.7 cm³/mol. The molecule has 0 amide bonds. The first-order chi connectivity index (χ1) is 11.4. The van der Waals surface area contributed by atoms with Crippen LogP contribution < -0.4 is 0 Å². The molecule has 0 radical (unpaired) electrons. The van der Waals surface area contributed by atoms with Crippen molar-refractivity contribution in [3.05, 3.63) is 47.3 Å². The van der Waals surface area contributed by atoms with E-state index in [0.29, 0.717) is 13.1 Å². The number of H-pyrrole nitrogens is 1. The first kappa shape index (κ1) is 17.3. The molecule has 1 aliphatic rings. The van der Waals surface area contributed by atoms with E-state index in [1.54, 1.807) is 12.4 Å². The lowest BCUT2D eigenvalue weighted by molar-refractivity contribution is 0.119. The highest BCUT2D eigenvalue weighted by molar-refractivity contribution is 7.89. The number of piperazine rings is 1. The number of sulfonamides is 1. The van der Waals surface area contributed by atoms with Crippen molar-refractivity contribution >= 4 is 21.6 Å². The molecule has 1 aromatic heterocycles. The Morgan fingerprint density at radius 2 is 2.21 bits per heavy atom. The first-order valence-corrected chi connectivity index (χ1v) is 9.44. The van der Waals surface area contributed by atoms with Gasteiger partial charge in [-0.05, 0) is 24.7 Å². The van der Waals surface area contributed by atoms with E-state index in [-0.39, 0.29) is 22.5 Å². The van der Waals surface area contributed by atoms with Crippen LogP contribution in [0.2, 0.25) is 5.02 Å². The van der Waals surface area contributed by atoms with E-state index < -0.39 is 15.8 Å². The van der Waals surface area contributed by atoms with Crippen molar-refractivity contribution in [2.75, 3.05) is 26.2 Å². The average Bonchev–Trinajstić information content (AvgIpc) is 3.08. The van der Waals surface area contributed by atoms with Crippen LogP contribution in [0.1, 0.15) is 18.8 Å². The van der Waals surface area contributed by atoms with Gasteiger partial charge in [-0.3, -0.25) is 4.90 Å². The second kappa shape index (κ2) is 6.79. The first-order valence-electron chi connectivity index (χ1n) is 7.62. The molecule has 1 aliphatic heterocycles. The number of likely N-dealkylation sites (N-methyl/N-ethyl adjacent to an activating group) is 1. The molecule has 1 N–H and O–H groups in total. The van der Waals surface area contributed by atoms with Gasteiger partial charge < -0.3 is 4.98 Å². The minimum atomic E-state index is -3.80. The highest BCUT2D eigenvalue weighted by Crippen LogP contribution is 2.30. The maximum absolute atomic E-state index is 13.2. The minimum Gasteiger partial charge on any atom is -0.347 e. The fourth-order valence-corrected chi connectivity index (χ4v) is 4.88.